The van der Waals surface area contributed by atoms with E-state index in [0.29, 0.717) is 23.5 Å². The van der Waals surface area contributed by atoms with Gasteiger partial charge in [-0.1, -0.05) is 18.2 Å². The zero-order valence-electron chi connectivity index (χ0n) is 12.2. The van der Waals surface area contributed by atoms with Gasteiger partial charge in [-0.2, -0.15) is 0 Å². The highest BCUT2D eigenvalue weighted by Gasteiger charge is 2.20. The fourth-order valence-corrected chi connectivity index (χ4v) is 4.40. The maximum absolute atomic E-state index is 12.5. The number of benzene rings is 1. The van der Waals surface area contributed by atoms with E-state index in [4.69, 9.17) is 0 Å². The second kappa shape index (κ2) is 7.06. The summed E-state index contributed by atoms with van der Waals surface area (Å²) in [6.07, 6.45) is 0.695. The third-order valence-corrected chi connectivity index (χ3v) is 5.53. The van der Waals surface area contributed by atoms with Crippen molar-refractivity contribution < 1.29 is 8.42 Å². The Kier molecular flexibility index (Phi) is 5.39. The van der Waals surface area contributed by atoms with Crippen molar-refractivity contribution in [1.29, 1.82) is 0 Å². The zero-order valence-corrected chi connectivity index (χ0v) is 13.8. The molecule has 0 bridgehead atoms. The SMILES string of the molecule is CCNc1ccccc1S(=O)(=O)NC(C)Cc1cccs1. The summed E-state index contributed by atoms with van der Waals surface area (Å²) >= 11 is 1.64. The van der Waals surface area contributed by atoms with Crippen LogP contribution in [0.3, 0.4) is 0 Å². The molecule has 1 heterocycles. The van der Waals surface area contributed by atoms with Crippen molar-refractivity contribution >= 4 is 27.0 Å². The summed E-state index contributed by atoms with van der Waals surface area (Å²) in [6.45, 7) is 4.50. The smallest absolute Gasteiger partial charge is 0.242 e. The fourth-order valence-electron chi connectivity index (χ4n) is 2.14. The van der Waals surface area contributed by atoms with Crippen molar-refractivity contribution in [1.82, 2.24) is 4.72 Å². The monoisotopic (exact) mass is 324 g/mol. The van der Waals surface area contributed by atoms with E-state index in [1.54, 1.807) is 29.5 Å². The zero-order chi connectivity index (χ0) is 15.3. The standard InChI is InChI=1S/C15H20N2O2S2/c1-3-16-14-8-4-5-9-15(14)21(18,19)17-12(2)11-13-7-6-10-20-13/h4-10,12,16-17H,3,11H2,1-2H3. The molecule has 1 atom stereocenters. The molecule has 0 aliphatic heterocycles. The number of rotatable bonds is 7. The molecule has 2 N–H and O–H groups in total. The number of thiophene rings is 1. The Hall–Kier alpha value is -1.37. The first-order chi connectivity index (χ1) is 10.0. The lowest BCUT2D eigenvalue weighted by Gasteiger charge is -2.16. The molecule has 0 fully saturated rings. The average molecular weight is 324 g/mol. The van der Waals surface area contributed by atoms with E-state index in [9.17, 15) is 8.42 Å². The van der Waals surface area contributed by atoms with Crippen molar-refractivity contribution in [2.45, 2.75) is 31.2 Å². The summed E-state index contributed by atoms with van der Waals surface area (Å²) in [5, 5.41) is 5.08. The molecule has 4 nitrogen and oxygen atoms in total. The lowest BCUT2D eigenvalue weighted by molar-refractivity contribution is 0.561. The lowest BCUT2D eigenvalue weighted by atomic mass is 10.2. The van der Waals surface area contributed by atoms with Crippen LogP contribution in [0.4, 0.5) is 5.69 Å². The Balaban J connectivity index is 2.14. The summed E-state index contributed by atoms with van der Waals surface area (Å²) < 4.78 is 27.8. The van der Waals surface area contributed by atoms with Gasteiger partial charge in [-0.15, -0.1) is 11.3 Å². The lowest BCUT2D eigenvalue weighted by Crippen LogP contribution is -2.34. The quantitative estimate of drug-likeness (QED) is 0.823. The van der Waals surface area contributed by atoms with Crippen LogP contribution in [0.5, 0.6) is 0 Å². The second-order valence-electron chi connectivity index (χ2n) is 4.83. The first-order valence-electron chi connectivity index (χ1n) is 6.90. The predicted molar refractivity (Wildman–Crippen MR) is 88.4 cm³/mol. The maximum Gasteiger partial charge on any atom is 0.242 e. The molecule has 0 saturated heterocycles. The summed E-state index contributed by atoms with van der Waals surface area (Å²) in [5.41, 5.74) is 0.635. The number of sulfonamides is 1. The highest BCUT2D eigenvalue weighted by atomic mass is 32.2. The van der Waals surface area contributed by atoms with Crippen LogP contribution in [0.1, 0.15) is 18.7 Å². The van der Waals surface area contributed by atoms with Gasteiger partial charge in [-0.3, -0.25) is 0 Å². The molecule has 1 aromatic carbocycles. The molecule has 2 aromatic rings. The molecule has 6 heteroatoms. The molecule has 0 amide bonds. The largest absolute Gasteiger partial charge is 0.384 e. The van der Waals surface area contributed by atoms with Crippen LogP contribution < -0.4 is 10.0 Å². The molecule has 0 spiro atoms. The molecule has 0 aliphatic rings. The summed E-state index contributed by atoms with van der Waals surface area (Å²) in [4.78, 5) is 1.47. The van der Waals surface area contributed by atoms with Crippen LogP contribution in [-0.2, 0) is 16.4 Å². The molecule has 2 rings (SSSR count). The Morgan fingerprint density at radius 2 is 1.95 bits per heavy atom. The Morgan fingerprint density at radius 3 is 2.62 bits per heavy atom. The predicted octanol–water partition coefficient (Wildman–Crippen LogP) is 3.09. The Morgan fingerprint density at radius 1 is 1.19 bits per heavy atom. The van der Waals surface area contributed by atoms with Gasteiger partial charge in [-0.05, 0) is 43.8 Å². The molecular formula is C15H20N2O2S2. The van der Waals surface area contributed by atoms with E-state index < -0.39 is 10.0 Å². The molecule has 1 unspecified atom stereocenters. The number of hydrogen-bond donors (Lipinski definition) is 2. The number of para-hydroxylation sites is 1. The molecule has 0 aliphatic carbocycles. The number of nitrogens with one attached hydrogen (secondary N) is 2. The molecule has 0 radical (unpaired) electrons. The molecule has 114 valence electrons. The molecular weight excluding hydrogens is 304 g/mol. The van der Waals surface area contributed by atoms with Crippen molar-refractivity contribution in [2.24, 2.45) is 0 Å². The van der Waals surface area contributed by atoms with Gasteiger partial charge in [0.2, 0.25) is 10.0 Å². The third-order valence-electron chi connectivity index (χ3n) is 2.99. The van der Waals surface area contributed by atoms with Crippen molar-refractivity contribution in [3.05, 3.63) is 46.7 Å². The van der Waals surface area contributed by atoms with E-state index in [0.717, 1.165) is 0 Å². The molecule has 21 heavy (non-hydrogen) atoms. The Labute approximate surface area is 130 Å². The first kappa shape index (κ1) is 16.0. The minimum atomic E-state index is -3.52. The minimum absolute atomic E-state index is 0.150. The highest BCUT2D eigenvalue weighted by Crippen LogP contribution is 2.21. The molecule has 1 aromatic heterocycles. The van der Waals surface area contributed by atoms with Crippen molar-refractivity contribution in [3.8, 4) is 0 Å². The average Bonchev–Trinajstić information content (AvgIpc) is 2.91. The van der Waals surface area contributed by atoms with Crippen LogP contribution in [0.25, 0.3) is 0 Å². The summed E-state index contributed by atoms with van der Waals surface area (Å²) in [7, 11) is -3.52. The molecule has 0 saturated carbocycles. The van der Waals surface area contributed by atoms with Gasteiger partial charge in [0.25, 0.3) is 0 Å². The van der Waals surface area contributed by atoms with Crippen LogP contribution in [0.2, 0.25) is 0 Å². The first-order valence-corrected chi connectivity index (χ1v) is 9.27. The van der Waals surface area contributed by atoms with E-state index in [1.165, 1.54) is 4.88 Å². The van der Waals surface area contributed by atoms with Crippen molar-refractivity contribution in [3.63, 3.8) is 0 Å². The second-order valence-corrected chi connectivity index (χ2v) is 7.55. The van der Waals surface area contributed by atoms with Gasteiger partial charge < -0.3 is 5.32 Å². The van der Waals surface area contributed by atoms with Crippen LogP contribution in [0, 0.1) is 0 Å². The van der Waals surface area contributed by atoms with E-state index >= 15 is 0 Å². The normalized spacial score (nSPS) is 13.0. The van der Waals surface area contributed by atoms with Crippen LogP contribution in [-0.4, -0.2) is 21.0 Å². The summed E-state index contributed by atoms with van der Waals surface area (Å²) in [5.74, 6) is 0. The number of hydrogen-bond acceptors (Lipinski definition) is 4. The van der Waals surface area contributed by atoms with Gasteiger partial charge in [-0.25, -0.2) is 13.1 Å². The van der Waals surface area contributed by atoms with Gasteiger partial charge in [0.1, 0.15) is 4.90 Å². The maximum atomic E-state index is 12.5. The van der Waals surface area contributed by atoms with Gasteiger partial charge in [0, 0.05) is 17.5 Å². The van der Waals surface area contributed by atoms with E-state index in [2.05, 4.69) is 10.0 Å². The topological polar surface area (TPSA) is 58.2 Å². The van der Waals surface area contributed by atoms with E-state index in [-0.39, 0.29) is 6.04 Å². The van der Waals surface area contributed by atoms with Crippen molar-refractivity contribution in [2.75, 3.05) is 11.9 Å². The van der Waals surface area contributed by atoms with Crippen LogP contribution in [0.15, 0.2) is 46.7 Å². The highest BCUT2D eigenvalue weighted by molar-refractivity contribution is 7.89. The summed E-state index contributed by atoms with van der Waals surface area (Å²) in [6, 6.07) is 10.8. The Bertz CT molecular complexity index is 667. The van der Waals surface area contributed by atoms with Crippen LogP contribution >= 0.6 is 11.3 Å². The number of anilines is 1. The minimum Gasteiger partial charge on any atom is -0.384 e. The third kappa shape index (κ3) is 4.30. The van der Waals surface area contributed by atoms with Gasteiger partial charge >= 0.3 is 0 Å². The van der Waals surface area contributed by atoms with Gasteiger partial charge in [0.15, 0.2) is 0 Å². The van der Waals surface area contributed by atoms with Gasteiger partial charge in [0.05, 0.1) is 5.69 Å². The van der Waals surface area contributed by atoms with E-state index in [1.807, 2.05) is 37.4 Å². The fraction of sp³-hybridized carbons (Fsp3) is 0.333.